The third kappa shape index (κ3) is 4.69. The summed E-state index contributed by atoms with van der Waals surface area (Å²) in [5.74, 6) is -0.934. The molecule has 0 aliphatic carbocycles. The van der Waals surface area contributed by atoms with Crippen molar-refractivity contribution in [2.75, 3.05) is 5.32 Å². The second-order valence-corrected chi connectivity index (χ2v) is 7.16. The van der Waals surface area contributed by atoms with Crippen LogP contribution in [0.25, 0.3) is 10.8 Å². The molecule has 148 valence electrons. The Morgan fingerprint density at radius 2 is 1.97 bits per heavy atom. The average molecular weight is 457 g/mol. The Labute approximate surface area is 174 Å². The lowest BCUT2D eigenvalue weighted by molar-refractivity contribution is -0.385. The fourth-order valence-corrected chi connectivity index (χ4v) is 3.22. The summed E-state index contributed by atoms with van der Waals surface area (Å²) in [7, 11) is 0. The minimum absolute atomic E-state index is 0.0982. The topological polar surface area (TPSA) is 117 Å². The Bertz CT molecular complexity index is 1110. The van der Waals surface area contributed by atoms with Crippen LogP contribution >= 0.6 is 15.9 Å². The summed E-state index contributed by atoms with van der Waals surface area (Å²) < 4.78 is 0.403. The molecule has 0 aliphatic rings. The average Bonchev–Trinajstić information content (AvgIpc) is 2.70. The zero-order valence-corrected chi connectivity index (χ0v) is 16.9. The number of carbonyl (C=O) groups is 1. The van der Waals surface area contributed by atoms with Crippen molar-refractivity contribution in [3.05, 3.63) is 74.7 Å². The Balaban J connectivity index is 1.70. The monoisotopic (exact) mass is 456 g/mol. The Hall–Kier alpha value is -3.46. The molecule has 9 heteroatoms. The summed E-state index contributed by atoms with van der Waals surface area (Å²) in [4.78, 5) is 22.6. The highest BCUT2D eigenvalue weighted by atomic mass is 79.9. The van der Waals surface area contributed by atoms with Gasteiger partial charge in [-0.3, -0.25) is 14.9 Å². The number of hydrogen-bond donors (Lipinski definition) is 3. The van der Waals surface area contributed by atoms with Crippen LogP contribution in [0.15, 0.2) is 64.2 Å². The molecule has 3 N–H and O–H groups in total. The molecule has 3 aromatic rings. The maximum Gasteiger partial charge on any atom is 0.312 e. The summed E-state index contributed by atoms with van der Waals surface area (Å²) in [6.45, 7) is 1.69. The van der Waals surface area contributed by atoms with Gasteiger partial charge < -0.3 is 10.4 Å². The molecular weight excluding hydrogens is 440 g/mol. The number of nitrogens with zero attached hydrogens (tertiary/aromatic N) is 2. The van der Waals surface area contributed by atoms with Crippen molar-refractivity contribution >= 4 is 50.2 Å². The van der Waals surface area contributed by atoms with Crippen LogP contribution in [0.3, 0.4) is 0 Å². The third-order valence-corrected chi connectivity index (χ3v) is 4.67. The molecule has 1 atom stereocenters. The Morgan fingerprint density at radius 1 is 1.24 bits per heavy atom. The van der Waals surface area contributed by atoms with Crippen molar-refractivity contribution in [3.8, 4) is 5.75 Å². The van der Waals surface area contributed by atoms with Gasteiger partial charge in [0, 0.05) is 27.2 Å². The summed E-state index contributed by atoms with van der Waals surface area (Å²) in [5.41, 5.74) is 2.82. The maximum absolute atomic E-state index is 12.3. The number of rotatable bonds is 6. The van der Waals surface area contributed by atoms with Crippen molar-refractivity contribution in [1.82, 2.24) is 5.43 Å². The molecule has 0 heterocycles. The summed E-state index contributed by atoms with van der Waals surface area (Å²) >= 11 is 3.14. The predicted octanol–water partition coefficient (Wildman–Crippen LogP) is 4.17. The lowest BCUT2D eigenvalue weighted by Gasteiger charge is -2.15. The Morgan fingerprint density at radius 3 is 2.72 bits per heavy atom. The number of halogens is 1. The number of carbonyl (C=O) groups excluding carboxylic acids is 1. The van der Waals surface area contributed by atoms with Crippen LogP contribution in [0.2, 0.25) is 0 Å². The summed E-state index contributed by atoms with van der Waals surface area (Å²) in [6.07, 6.45) is 1.15. The summed E-state index contributed by atoms with van der Waals surface area (Å²) in [5, 5.41) is 29.9. The highest BCUT2D eigenvalue weighted by Crippen LogP contribution is 2.32. The lowest BCUT2D eigenvalue weighted by atomic mass is 10.1. The van der Waals surface area contributed by atoms with Crippen LogP contribution in [0.5, 0.6) is 5.75 Å². The smallest absolute Gasteiger partial charge is 0.312 e. The van der Waals surface area contributed by atoms with E-state index >= 15 is 0 Å². The zero-order chi connectivity index (χ0) is 21.0. The highest BCUT2D eigenvalue weighted by Gasteiger charge is 2.18. The van der Waals surface area contributed by atoms with E-state index in [1.165, 1.54) is 12.1 Å². The molecule has 0 spiro atoms. The third-order valence-electron chi connectivity index (χ3n) is 4.21. The number of nitro benzene ring substituents is 1. The van der Waals surface area contributed by atoms with Crippen LogP contribution in [-0.4, -0.2) is 28.2 Å². The normalized spacial score (nSPS) is 12.1. The van der Waals surface area contributed by atoms with E-state index in [0.717, 1.165) is 22.7 Å². The van der Waals surface area contributed by atoms with Crippen molar-refractivity contribution in [1.29, 1.82) is 0 Å². The van der Waals surface area contributed by atoms with Gasteiger partial charge in [0.25, 0.3) is 5.91 Å². The molecule has 1 amide bonds. The molecule has 8 nitrogen and oxygen atoms in total. The molecule has 3 aromatic carbocycles. The van der Waals surface area contributed by atoms with E-state index in [4.69, 9.17) is 0 Å². The number of phenols is 1. The molecule has 0 saturated heterocycles. The molecule has 0 aromatic heterocycles. The molecule has 0 aliphatic heterocycles. The van der Waals surface area contributed by atoms with Crippen molar-refractivity contribution < 1.29 is 14.8 Å². The van der Waals surface area contributed by atoms with Crippen molar-refractivity contribution in [2.45, 2.75) is 13.0 Å². The van der Waals surface area contributed by atoms with Crippen LogP contribution in [-0.2, 0) is 4.79 Å². The molecule has 0 fully saturated rings. The van der Waals surface area contributed by atoms with Gasteiger partial charge in [0.2, 0.25) is 5.75 Å². The van der Waals surface area contributed by atoms with E-state index in [2.05, 4.69) is 31.8 Å². The number of benzene rings is 3. The van der Waals surface area contributed by atoms with E-state index in [1.807, 2.05) is 42.5 Å². The van der Waals surface area contributed by atoms with Gasteiger partial charge in [0.15, 0.2) is 0 Å². The quantitative estimate of drug-likeness (QED) is 0.292. The number of nitrogens with one attached hydrogen (secondary N) is 2. The highest BCUT2D eigenvalue weighted by molar-refractivity contribution is 9.10. The van der Waals surface area contributed by atoms with Crippen LogP contribution in [0, 0.1) is 10.1 Å². The first-order valence-corrected chi connectivity index (χ1v) is 9.40. The van der Waals surface area contributed by atoms with Gasteiger partial charge in [-0.1, -0.05) is 52.3 Å². The minimum atomic E-state index is -0.702. The number of hydrogen-bond acceptors (Lipinski definition) is 6. The molecule has 0 bridgehead atoms. The maximum atomic E-state index is 12.3. The van der Waals surface area contributed by atoms with Crippen molar-refractivity contribution in [3.63, 3.8) is 0 Å². The molecule has 0 radical (unpaired) electrons. The van der Waals surface area contributed by atoms with Crippen LogP contribution < -0.4 is 10.7 Å². The number of hydrazone groups is 1. The summed E-state index contributed by atoms with van der Waals surface area (Å²) in [6, 6.07) is 15.6. The van der Waals surface area contributed by atoms with Gasteiger partial charge in [-0.2, -0.15) is 5.10 Å². The molecule has 29 heavy (non-hydrogen) atoms. The first kappa shape index (κ1) is 20.3. The van der Waals surface area contributed by atoms with Gasteiger partial charge in [-0.15, -0.1) is 0 Å². The van der Waals surface area contributed by atoms with Gasteiger partial charge in [0.05, 0.1) is 11.1 Å². The van der Waals surface area contributed by atoms with Gasteiger partial charge in [-0.05, 0) is 24.4 Å². The standard InChI is InChI=1S/C20H17BrN4O4/c1-12(23-17-8-4-6-13-5-2-3-7-16(13)17)20(27)24-22-11-14-9-15(21)10-18(19(14)26)25(28)29/h2-12,23,26H,1H3,(H,24,27)/b22-11+. The largest absolute Gasteiger partial charge is 0.502 e. The van der Waals surface area contributed by atoms with Gasteiger partial charge in [-0.25, -0.2) is 5.43 Å². The number of amides is 1. The Kier molecular flexibility index (Phi) is 6.08. The first-order chi connectivity index (χ1) is 13.9. The number of aromatic hydroxyl groups is 1. The van der Waals surface area contributed by atoms with E-state index in [9.17, 15) is 20.0 Å². The van der Waals surface area contributed by atoms with Gasteiger partial charge >= 0.3 is 5.69 Å². The second kappa shape index (κ2) is 8.70. The van der Waals surface area contributed by atoms with Gasteiger partial charge in [0.1, 0.15) is 6.04 Å². The number of fused-ring (bicyclic) bond motifs is 1. The first-order valence-electron chi connectivity index (χ1n) is 8.61. The fraction of sp³-hybridized carbons (Fsp3) is 0.100. The van der Waals surface area contributed by atoms with Crippen LogP contribution in [0.1, 0.15) is 12.5 Å². The number of anilines is 1. The van der Waals surface area contributed by atoms with E-state index in [1.54, 1.807) is 6.92 Å². The van der Waals surface area contributed by atoms with E-state index in [-0.39, 0.29) is 5.56 Å². The zero-order valence-electron chi connectivity index (χ0n) is 15.3. The van der Waals surface area contributed by atoms with E-state index in [0.29, 0.717) is 4.47 Å². The fourth-order valence-electron chi connectivity index (χ4n) is 2.76. The lowest BCUT2D eigenvalue weighted by Crippen LogP contribution is -2.34. The van der Waals surface area contributed by atoms with E-state index < -0.39 is 28.3 Å². The number of nitro groups is 1. The second-order valence-electron chi connectivity index (χ2n) is 6.25. The molecular formula is C20H17BrN4O4. The molecule has 3 rings (SSSR count). The predicted molar refractivity (Wildman–Crippen MR) is 115 cm³/mol. The van der Waals surface area contributed by atoms with Crippen molar-refractivity contribution in [2.24, 2.45) is 5.10 Å². The van der Waals surface area contributed by atoms with Crippen LogP contribution in [0.4, 0.5) is 11.4 Å². The number of phenolic OH excluding ortho intramolecular Hbond substituents is 1. The SMILES string of the molecule is CC(Nc1cccc2ccccc12)C(=O)N/N=C/c1cc(Br)cc([N+](=O)[O-])c1O. The molecule has 0 saturated carbocycles. The minimum Gasteiger partial charge on any atom is -0.502 e. The molecule has 1 unspecified atom stereocenters.